The van der Waals surface area contributed by atoms with Crippen molar-refractivity contribution >= 4 is 12.4 Å². The van der Waals surface area contributed by atoms with Crippen molar-refractivity contribution in [1.82, 2.24) is 0 Å². The molecule has 1 aliphatic rings. The van der Waals surface area contributed by atoms with Crippen molar-refractivity contribution in [3.8, 4) is 5.75 Å². The summed E-state index contributed by atoms with van der Waals surface area (Å²) in [5, 5.41) is 0. The lowest BCUT2D eigenvalue weighted by molar-refractivity contribution is -0.275. The van der Waals surface area contributed by atoms with Gasteiger partial charge in [-0.2, -0.15) is 0 Å². The SMILES string of the molecule is Cl.N[C@H](CC1CC1)c1ccc(OC(F)(F)F)c(F)c1. The summed E-state index contributed by atoms with van der Waals surface area (Å²) in [7, 11) is 0. The van der Waals surface area contributed by atoms with Crippen LogP contribution in [0.2, 0.25) is 0 Å². The van der Waals surface area contributed by atoms with Crippen molar-refractivity contribution in [2.24, 2.45) is 11.7 Å². The molecule has 1 aromatic rings. The van der Waals surface area contributed by atoms with Crippen LogP contribution < -0.4 is 10.5 Å². The van der Waals surface area contributed by atoms with Crippen LogP contribution in [0.5, 0.6) is 5.75 Å². The van der Waals surface area contributed by atoms with Crippen LogP contribution in [0.15, 0.2) is 18.2 Å². The molecule has 1 saturated carbocycles. The predicted molar refractivity (Wildman–Crippen MR) is 64.6 cm³/mol. The van der Waals surface area contributed by atoms with E-state index in [2.05, 4.69) is 4.74 Å². The number of hydrogen-bond donors (Lipinski definition) is 1. The molecule has 108 valence electrons. The minimum atomic E-state index is -4.89. The summed E-state index contributed by atoms with van der Waals surface area (Å²) in [5.74, 6) is -1.31. The van der Waals surface area contributed by atoms with Gasteiger partial charge >= 0.3 is 6.36 Å². The van der Waals surface area contributed by atoms with Crippen molar-refractivity contribution in [2.75, 3.05) is 0 Å². The number of halogens is 5. The zero-order valence-corrected chi connectivity index (χ0v) is 10.7. The van der Waals surface area contributed by atoms with E-state index in [1.807, 2.05) is 0 Å². The minimum Gasteiger partial charge on any atom is -0.403 e. The summed E-state index contributed by atoms with van der Waals surface area (Å²) < 4.78 is 52.8. The summed E-state index contributed by atoms with van der Waals surface area (Å²) >= 11 is 0. The molecule has 0 radical (unpaired) electrons. The first-order chi connectivity index (χ1) is 8.35. The molecular formula is C12H14ClF4NO. The molecule has 0 aliphatic heterocycles. The fourth-order valence-electron chi connectivity index (χ4n) is 1.80. The highest BCUT2D eigenvalue weighted by Crippen LogP contribution is 2.37. The smallest absolute Gasteiger partial charge is 0.403 e. The van der Waals surface area contributed by atoms with E-state index in [9.17, 15) is 17.6 Å². The summed E-state index contributed by atoms with van der Waals surface area (Å²) in [6.07, 6.45) is -1.92. The van der Waals surface area contributed by atoms with Crippen molar-refractivity contribution in [2.45, 2.75) is 31.7 Å². The van der Waals surface area contributed by atoms with E-state index in [1.54, 1.807) is 0 Å². The van der Waals surface area contributed by atoms with Gasteiger partial charge in [0.25, 0.3) is 0 Å². The van der Waals surface area contributed by atoms with Gasteiger partial charge in [0.2, 0.25) is 0 Å². The molecule has 7 heteroatoms. The molecule has 0 heterocycles. The Morgan fingerprint density at radius 3 is 2.42 bits per heavy atom. The average Bonchev–Trinajstić information content (AvgIpc) is 3.03. The Labute approximate surface area is 114 Å². The lowest BCUT2D eigenvalue weighted by Crippen LogP contribution is -2.18. The Balaban J connectivity index is 0.00000180. The number of nitrogens with two attached hydrogens (primary N) is 1. The number of benzene rings is 1. The number of ether oxygens (including phenoxy) is 1. The molecule has 1 aromatic carbocycles. The Kier molecular flexibility index (Phi) is 5.04. The number of alkyl halides is 3. The molecule has 2 rings (SSSR count). The molecule has 1 aliphatic carbocycles. The van der Waals surface area contributed by atoms with E-state index >= 15 is 0 Å². The molecule has 0 bridgehead atoms. The summed E-state index contributed by atoms with van der Waals surface area (Å²) in [6.45, 7) is 0. The lowest BCUT2D eigenvalue weighted by atomic mass is 10.0. The van der Waals surface area contributed by atoms with Crippen LogP contribution >= 0.6 is 12.4 Å². The first-order valence-corrected chi connectivity index (χ1v) is 5.66. The van der Waals surface area contributed by atoms with Crippen LogP contribution in [-0.2, 0) is 0 Å². The third-order valence-electron chi connectivity index (χ3n) is 2.89. The van der Waals surface area contributed by atoms with Gasteiger partial charge in [-0.25, -0.2) is 4.39 Å². The summed E-state index contributed by atoms with van der Waals surface area (Å²) in [6, 6.07) is 3.00. The van der Waals surface area contributed by atoms with Gasteiger partial charge in [0, 0.05) is 6.04 Å². The summed E-state index contributed by atoms with van der Waals surface area (Å²) in [5.41, 5.74) is 6.35. The van der Waals surface area contributed by atoms with Gasteiger partial charge in [0.1, 0.15) is 0 Å². The van der Waals surface area contributed by atoms with Gasteiger partial charge in [-0.1, -0.05) is 18.9 Å². The fraction of sp³-hybridized carbons (Fsp3) is 0.500. The van der Waals surface area contributed by atoms with Crippen LogP contribution in [0, 0.1) is 11.7 Å². The van der Waals surface area contributed by atoms with Crippen LogP contribution in [-0.4, -0.2) is 6.36 Å². The van der Waals surface area contributed by atoms with E-state index in [1.165, 1.54) is 6.07 Å². The van der Waals surface area contributed by atoms with Crippen LogP contribution in [0.3, 0.4) is 0 Å². The molecule has 0 amide bonds. The first kappa shape index (κ1) is 16.0. The second kappa shape index (κ2) is 5.96. The topological polar surface area (TPSA) is 35.2 Å². The summed E-state index contributed by atoms with van der Waals surface area (Å²) in [4.78, 5) is 0. The molecule has 0 aromatic heterocycles. The molecule has 2 N–H and O–H groups in total. The minimum absolute atomic E-state index is 0. The Bertz CT molecular complexity index is 434. The first-order valence-electron chi connectivity index (χ1n) is 5.66. The van der Waals surface area contributed by atoms with Gasteiger partial charge in [0.15, 0.2) is 11.6 Å². The Hall–Kier alpha value is -1.01. The van der Waals surface area contributed by atoms with Crippen LogP contribution in [0.4, 0.5) is 17.6 Å². The Morgan fingerprint density at radius 1 is 1.32 bits per heavy atom. The van der Waals surface area contributed by atoms with Crippen LogP contribution in [0.25, 0.3) is 0 Å². The number of rotatable bonds is 4. The van der Waals surface area contributed by atoms with E-state index < -0.39 is 17.9 Å². The van der Waals surface area contributed by atoms with E-state index in [0.717, 1.165) is 31.4 Å². The average molecular weight is 300 g/mol. The fourth-order valence-corrected chi connectivity index (χ4v) is 1.80. The molecule has 0 saturated heterocycles. The molecule has 1 fully saturated rings. The van der Waals surface area contributed by atoms with Crippen molar-refractivity contribution in [1.29, 1.82) is 0 Å². The van der Waals surface area contributed by atoms with E-state index in [-0.39, 0.29) is 18.4 Å². The second-order valence-corrected chi connectivity index (χ2v) is 4.52. The highest BCUT2D eigenvalue weighted by molar-refractivity contribution is 5.85. The van der Waals surface area contributed by atoms with E-state index in [0.29, 0.717) is 11.5 Å². The van der Waals surface area contributed by atoms with Gasteiger partial charge < -0.3 is 10.5 Å². The Morgan fingerprint density at radius 2 is 1.95 bits per heavy atom. The maximum Gasteiger partial charge on any atom is 0.573 e. The van der Waals surface area contributed by atoms with Gasteiger partial charge in [0.05, 0.1) is 0 Å². The maximum atomic E-state index is 13.4. The largest absolute Gasteiger partial charge is 0.573 e. The maximum absolute atomic E-state index is 13.4. The second-order valence-electron chi connectivity index (χ2n) is 4.52. The zero-order chi connectivity index (χ0) is 13.3. The lowest BCUT2D eigenvalue weighted by Gasteiger charge is -2.14. The van der Waals surface area contributed by atoms with E-state index in [4.69, 9.17) is 5.73 Å². The molecule has 0 unspecified atom stereocenters. The molecule has 0 spiro atoms. The van der Waals surface area contributed by atoms with Gasteiger partial charge in [-0.15, -0.1) is 25.6 Å². The number of hydrogen-bond acceptors (Lipinski definition) is 2. The third-order valence-corrected chi connectivity index (χ3v) is 2.89. The van der Waals surface area contributed by atoms with Crippen molar-refractivity contribution in [3.63, 3.8) is 0 Å². The van der Waals surface area contributed by atoms with Gasteiger partial charge in [-0.3, -0.25) is 0 Å². The van der Waals surface area contributed by atoms with Gasteiger partial charge in [-0.05, 0) is 30.0 Å². The molecule has 1 atom stereocenters. The van der Waals surface area contributed by atoms with Crippen LogP contribution in [0.1, 0.15) is 30.9 Å². The highest BCUT2D eigenvalue weighted by Gasteiger charge is 2.32. The monoisotopic (exact) mass is 299 g/mol. The quantitative estimate of drug-likeness (QED) is 0.855. The third kappa shape index (κ3) is 4.87. The van der Waals surface area contributed by atoms with Crippen molar-refractivity contribution in [3.05, 3.63) is 29.6 Å². The van der Waals surface area contributed by atoms with Crippen molar-refractivity contribution < 1.29 is 22.3 Å². The zero-order valence-electron chi connectivity index (χ0n) is 9.91. The molecular weight excluding hydrogens is 286 g/mol. The standard InChI is InChI=1S/C12H13F4NO.ClH/c13-9-6-8(10(17)5-7-1-2-7)3-4-11(9)18-12(14,15)16;/h3-4,6-7,10H,1-2,5,17H2;1H/t10-;/m1./s1. The predicted octanol–water partition coefficient (Wildman–Crippen LogP) is 3.95. The molecule has 2 nitrogen and oxygen atoms in total. The normalized spacial score (nSPS) is 16.7. The molecule has 19 heavy (non-hydrogen) atoms. The highest BCUT2D eigenvalue weighted by atomic mass is 35.5.